The van der Waals surface area contributed by atoms with Crippen LogP contribution in [0.1, 0.15) is 28.8 Å². The van der Waals surface area contributed by atoms with Gasteiger partial charge in [-0.1, -0.05) is 11.6 Å². The second-order valence-corrected chi connectivity index (χ2v) is 10.1. The van der Waals surface area contributed by atoms with Crippen molar-refractivity contribution in [3.05, 3.63) is 62.8 Å². The average Bonchev–Trinajstić information content (AvgIpc) is 3.30. The molecular formula is C26H27ClF2N6O5. The summed E-state index contributed by atoms with van der Waals surface area (Å²) in [5, 5.41) is 16.6. The van der Waals surface area contributed by atoms with Gasteiger partial charge in [-0.05, 0) is 31.2 Å². The Morgan fingerprint density at radius 1 is 1.27 bits per heavy atom. The first kappa shape index (κ1) is 27.9. The Morgan fingerprint density at radius 2 is 2.02 bits per heavy atom. The highest BCUT2D eigenvalue weighted by Crippen LogP contribution is 2.30. The number of aromatic amines is 1. The maximum atomic E-state index is 13.4. The van der Waals surface area contributed by atoms with Crippen LogP contribution in [0.15, 0.2) is 35.1 Å². The van der Waals surface area contributed by atoms with Crippen LogP contribution in [-0.2, 0) is 17.7 Å². The topological polar surface area (TPSA) is 149 Å². The first-order chi connectivity index (χ1) is 19.0. The van der Waals surface area contributed by atoms with E-state index >= 15 is 0 Å². The van der Waals surface area contributed by atoms with Crippen molar-refractivity contribution in [3.63, 3.8) is 0 Å². The van der Waals surface area contributed by atoms with Crippen LogP contribution in [0.2, 0.25) is 5.02 Å². The first-order valence-corrected chi connectivity index (χ1v) is 12.9. The lowest BCUT2D eigenvalue weighted by molar-refractivity contribution is -0.139. The van der Waals surface area contributed by atoms with Gasteiger partial charge >= 0.3 is 0 Å². The molecule has 0 saturated carbocycles. The van der Waals surface area contributed by atoms with E-state index in [4.69, 9.17) is 26.8 Å². The summed E-state index contributed by atoms with van der Waals surface area (Å²) in [7, 11) is 0. The maximum absolute atomic E-state index is 13.4. The van der Waals surface area contributed by atoms with Crippen molar-refractivity contribution in [1.82, 2.24) is 24.6 Å². The number of nitrogens with one attached hydrogen (secondary N) is 1. The molecule has 1 saturated heterocycles. The number of morpholine rings is 1. The van der Waals surface area contributed by atoms with E-state index in [2.05, 4.69) is 15.1 Å². The van der Waals surface area contributed by atoms with E-state index in [1.165, 1.54) is 35.0 Å². The highest BCUT2D eigenvalue weighted by Gasteiger charge is 2.32. The summed E-state index contributed by atoms with van der Waals surface area (Å²) < 4.78 is 36.9. The Hall–Kier alpha value is -3.65. The lowest BCUT2D eigenvalue weighted by atomic mass is 10.0. The van der Waals surface area contributed by atoms with E-state index in [1.807, 2.05) is 4.90 Å². The fourth-order valence-electron chi connectivity index (χ4n) is 4.74. The molecule has 4 N–H and O–H groups in total. The van der Waals surface area contributed by atoms with Gasteiger partial charge in [0.15, 0.2) is 0 Å². The van der Waals surface area contributed by atoms with Gasteiger partial charge in [0.1, 0.15) is 23.9 Å². The third kappa shape index (κ3) is 5.77. The lowest BCUT2D eigenvalue weighted by Crippen LogP contribution is -2.55. The zero-order valence-electron chi connectivity index (χ0n) is 21.5. The van der Waals surface area contributed by atoms with Gasteiger partial charge < -0.3 is 25.3 Å². The van der Waals surface area contributed by atoms with Crippen LogP contribution in [0.25, 0.3) is 21.8 Å². The van der Waals surface area contributed by atoms with Gasteiger partial charge in [0.2, 0.25) is 5.91 Å². The second kappa shape index (κ2) is 11.1. The van der Waals surface area contributed by atoms with Gasteiger partial charge in [0.25, 0.3) is 12.0 Å². The molecule has 0 bridgehead atoms. The summed E-state index contributed by atoms with van der Waals surface area (Å²) in [4.78, 5) is 34.8. The molecule has 2 aromatic carbocycles. The lowest BCUT2D eigenvalue weighted by Gasteiger charge is -2.39. The molecule has 1 unspecified atom stereocenters. The van der Waals surface area contributed by atoms with Crippen molar-refractivity contribution in [2.45, 2.75) is 32.0 Å². The summed E-state index contributed by atoms with van der Waals surface area (Å²) in [6.07, 6.45) is -2.57. The first-order valence-electron chi connectivity index (χ1n) is 12.5. The Labute approximate surface area is 231 Å². The molecule has 1 amide bonds. The molecule has 40 heavy (non-hydrogen) atoms. The van der Waals surface area contributed by atoms with E-state index in [0.717, 1.165) is 0 Å². The van der Waals surface area contributed by atoms with Gasteiger partial charge in [-0.3, -0.25) is 14.5 Å². The standard InChI is InChI=1S/C26H27ClF2N6O5/c1-26(38,34-4-6-39-7-5-34)13-35-25(37)15-3-2-14(24(30)36)8-16(15)18(33-35)11-23-31-19-9-17(27)21(10-20(19)32-23)40-12-22(28)29/h2-3,8-10,22,38H,4-7,11-13H2,1H3,(H2,30,36)(H,31,32). The fraction of sp³-hybridized carbons (Fsp3) is 0.385. The molecule has 1 aliphatic rings. The third-order valence-corrected chi connectivity index (χ3v) is 7.04. The number of benzene rings is 2. The van der Waals surface area contributed by atoms with E-state index in [0.29, 0.717) is 54.2 Å². The van der Waals surface area contributed by atoms with Crippen molar-refractivity contribution in [2.24, 2.45) is 5.73 Å². The number of H-pyrrole nitrogens is 1. The van der Waals surface area contributed by atoms with Crippen LogP contribution in [0, 0.1) is 0 Å². The molecule has 11 nitrogen and oxygen atoms in total. The largest absolute Gasteiger partial charge is 0.486 e. The number of carbonyl (C=O) groups excluding carboxylic acids is 1. The maximum Gasteiger partial charge on any atom is 0.274 e. The number of amides is 1. The molecule has 2 aromatic heterocycles. The number of ether oxygens (including phenoxy) is 2. The minimum Gasteiger partial charge on any atom is -0.486 e. The van der Waals surface area contributed by atoms with Gasteiger partial charge in [-0.25, -0.2) is 18.4 Å². The third-order valence-electron chi connectivity index (χ3n) is 6.75. The molecule has 0 spiro atoms. The normalized spacial score (nSPS) is 16.1. The molecule has 3 heterocycles. The molecule has 0 radical (unpaired) electrons. The van der Waals surface area contributed by atoms with Crippen LogP contribution >= 0.6 is 11.6 Å². The average molecular weight is 577 g/mol. The van der Waals surface area contributed by atoms with Gasteiger partial charge in [0.05, 0.1) is 53.3 Å². The van der Waals surface area contributed by atoms with Crippen molar-refractivity contribution >= 4 is 39.3 Å². The number of aliphatic hydroxyl groups is 1. The molecule has 4 aromatic rings. The van der Waals surface area contributed by atoms with Gasteiger partial charge in [-0.15, -0.1) is 0 Å². The van der Waals surface area contributed by atoms with Crippen LogP contribution < -0.4 is 16.0 Å². The number of hydrogen-bond donors (Lipinski definition) is 3. The molecule has 1 aliphatic heterocycles. The number of nitrogens with two attached hydrogens (primary N) is 1. The number of imidazole rings is 1. The number of hydrogen-bond acceptors (Lipinski definition) is 8. The van der Waals surface area contributed by atoms with E-state index in [-0.39, 0.29) is 34.7 Å². The second-order valence-electron chi connectivity index (χ2n) is 9.71. The minimum absolute atomic E-state index is 0.0704. The zero-order chi connectivity index (χ0) is 28.6. The molecule has 212 valence electrons. The van der Waals surface area contributed by atoms with Crippen LogP contribution in [-0.4, -0.2) is 80.7 Å². The Bertz CT molecular complexity index is 1630. The highest BCUT2D eigenvalue weighted by molar-refractivity contribution is 6.32. The number of fused-ring (bicyclic) bond motifs is 2. The fourth-order valence-corrected chi connectivity index (χ4v) is 4.96. The van der Waals surface area contributed by atoms with Gasteiger partial charge in [0, 0.05) is 30.1 Å². The Balaban J connectivity index is 1.55. The SMILES string of the molecule is CC(O)(Cn1nc(Cc2nc3cc(OCC(F)F)c(Cl)cc3[nH]2)c2cc(C(N)=O)ccc2c1=O)N1CCOCC1. The number of rotatable bonds is 9. The number of aromatic nitrogens is 4. The molecule has 1 atom stereocenters. The summed E-state index contributed by atoms with van der Waals surface area (Å²) >= 11 is 6.20. The predicted octanol–water partition coefficient (Wildman–Crippen LogP) is 2.30. The monoisotopic (exact) mass is 576 g/mol. The van der Waals surface area contributed by atoms with E-state index in [9.17, 15) is 23.5 Å². The molecule has 5 rings (SSSR count). The summed E-state index contributed by atoms with van der Waals surface area (Å²) in [6, 6.07) is 7.45. The number of alkyl halides is 2. The van der Waals surface area contributed by atoms with E-state index < -0.39 is 30.2 Å². The van der Waals surface area contributed by atoms with Crippen LogP contribution in [0.4, 0.5) is 8.78 Å². The highest BCUT2D eigenvalue weighted by atomic mass is 35.5. The predicted molar refractivity (Wildman–Crippen MR) is 143 cm³/mol. The van der Waals surface area contributed by atoms with E-state index in [1.54, 1.807) is 6.92 Å². The molecule has 0 aliphatic carbocycles. The summed E-state index contributed by atoms with van der Waals surface area (Å²) in [6.45, 7) is 2.60. The summed E-state index contributed by atoms with van der Waals surface area (Å²) in [5.74, 6) is -0.163. The number of halogens is 3. The van der Waals surface area contributed by atoms with Crippen LogP contribution in [0.3, 0.4) is 0 Å². The number of primary amides is 1. The van der Waals surface area contributed by atoms with Crippen molar-refractivity contribution < 1.29 is 28.2 Å². The van der Waals surface area contributed by atoms with Crippen molar-refractivity contribution in [2.75, 3.05) is 32.9 Å². The quantitative estimate of drug-likeness (QED) is 0.275. The molecular weight excluding hydrogens is 550 g/mol. The van der Waals surface area contributed by atoms with Crippen molar-refractivity contribution in [1.29, 1.82) is 0 Å². The Kier molecular flexibility index (Phi) is 7.73. The smallest absolute Gasteiger partial charge is 0.274 e. The molecule has 14 heteroatoms. The van der Waals surface area contributed by atoms with Gasteiger partial charge in [-0.2, -0.15) is 5.10 Å². The minimum atomic E-state index is -2.66. The van der Waals surface area contributed by atoms with Crippen LogP contribution in [0.5, 0.6) is 5.75 Å². The van der Waals surface area contributed by atoms with Crippen molar-refractivity contribution in [3.8, 4) is 5.75 Å². The number of carbonyl (C=O) groups is 1. The molecule has 1 fully saturated rings. The number of nitrogens with zero attached hydrogens (tertiary/aromatic N) is 4. The zero-order valence-corrected chi connectivity index (χ0v) is 22.3. The summed E-state index contributed by atoms with van der Waals surface area (Å²) in [5.41, 5.74) is 5.21. The Morgan fingerprint density at radius 3 is 2.73 bits per heavy atom.